The van der Waals surface area contributed by atoms with Gasteiger partial charge in [0, 0.05) is 35.7 Å². The highest BCUT2D eigenvalue weighted by Crippen LogP contribution is 2.20. The number of benzene rings is 2. The molecule has 0 unspecified atom stereocenters. The van der Waals surface area contributed by atoms with Crippen molar-refractivity contribution >= 4 is 49.2 Å². The van der Waals surface area contributed by atoms with E-state index in [4.69, 9.17) is 11.6 Å². The summed E-state index contributed by atoms with van der Waals surface area (Å²) in [5, 5.41) is 4.76. The fourth-order valence-corrected chi connectivity index (χ4v) is 4.84. The number of sulfonamides is 1. The Hall–Kier alpha value is -1.78. The number of amides is 1. The molecule has 7 nitrogen and oxygen atoms in total. The van der Waals surface area contributed by atoms with Gasteiger partial charge in [-0.05, 0) is 48.9 Å². The Balaban J connectivity index is 1.50. The van der Waals surface area contributed by atoms with Gasteiger partial charge >= 0.3 is 0 Å². The molecule has 1 heterocycles. The van der Waals surface area contributed by atoms with Crippen LogP contribution >= 0.6 is 27.5 Å². The van der Waals surface area contributed by atoms with Gasteiger partial charge in [0.2, 0.25) is 10.0 Å². The van der Waals surface area contributed by atoms with Crippen molar-refractivity contribution in [2.24, 2.45) is 5.10 Å². The monoisotopic (exact) mass is 512 g/mol. The number of nitrogens with zero attached hydrogens (tertiary/aromatic N) is 3. The van der Waals surface area contributed by atoms with Gasteiger partial charge in [0.05, 0.1) is 17.2 Å². The molecule has 2 aromatic carbocycles. The Morgan fingerprint density at radius 2 is 1.67 bits per heavy atom. The third-order valence-corrected chi connectivity index (χ3v) is 7.45. The predicted octanol–water partition coefficient (Wildman–Crippen LogP) is 2.95. The van der Waals surface area contributed by atoms with E-state index < -0.39 is 10.0 Å². The zero-order valence-corrected chi connectivity index (χ0v) is 19.5. The molecule has 1 amide bonds. The van der Waals surface area contributed by atoms with Crippen molar-refractivity contribution in [2.75, 3.05) is 32.7 Å². The Morgan fingerprint density at radius 1 is 1.07 bits per heavy atom. The molecule has 1 fully saturated rings. The van der Waals surface area contributed by atoms with Crippen molar-refractivity contribution in [3.63, 3.8) is 0 Å². The number of carbonyl (C=O) groups excluding carboxylic acids is 1. The SMILES string of the molecule is C/C(=N\NC(=O)CN1CCN(S(=O)(=O)c2ccc(Br)cc2)CC1)c1ccc(Cl)cc1. The summed E-state index contributed by atoms with van der Waals surface area (Å²) < 4.78 is 27.8. The molecule has 1 N–H and O–H groups in total. The molecule has 1 aliphatic heterocycles. The molecule has 2 aromatic rings. The predicted molar refractivity (Wildman–Crippen MR) is 121 cm³/mol. The molecule has 0 aromatic heterocycles. The summed E-state index contributed by atoms with van der Waals surface area (Å²) >= 11 is 9.18. The molecule has 1 aliphatic rings. The first-order valence-electron chi connectivity index (χ1n) is 9.33. The van der Waals surface area contributed by atoms with E-state index in [-0.39, 0.29) is 17.3 Å². The summed E-state index contributed by atoms with van der Waals surface area (Å²) in [5.74, 6) is -0.243. The summed E-state index contributed by atoms with van der Waals surface area (Å²) in [6, 6.07) is 13.8. The van der Waals surface area contributed by atoms with Crippen LogP contribution in [0, 0.1) is 0 Å². The molecular formula is C20H22BrClN4O3S. The van der Waals surface area contributed by atoms with Gasteiger partial charge < -0.3 is 0 Å². The molecule has 0 aliphatic carbocycles. The lowest BCUT2D eigenvalue weighted by Gasteiger charge is -2.33. The summed E-state index contributed by atoms with van der Waals surface area (Å²) in [5.41, 5.74) is 4.09. The van der Waals surface area contributed by atoms with Crippen LogP contribution in [0.1, 0.15) is 12.5 Å². The maximum atomic E-state index is 12.7. The van der Waals surface area contributed by atoms with E-state index in [9.17, 15) is 13.2 Å². The number of hydrazone groups is 1. The van der Waals surface area contributed by atoms with E-state index in [1.54, 1.807) is 43.3 Å². The van der Waals surface area contributed by atoms with Crippen molar-refractivity contribution < 1.29 is 13.2 Å². The Morgan fingerprint density at radius 3 is 2.27 bits per heavy atom. The topological polar surface area (TPSA) is 82.1 Å². The number of halogens is 2. The summed E-state index contributed by atoms with van der Waals surface area (Å²) in [4.78, 5) is 14.4. The maximum Gasteiger partial charge on any atom is 0.254 e. The lowest BCUT2D eigenvalue weighted by Crippen LogP contribution is -2.50. The molecular weight excluding hydrogens is 492 g/mol. The number of rotatable bonds is 6. The van der Waals surface area contributed by atoms with Crippen LogP contribution in [-0.4, -0.2) is 62.0 Å². The first kappa shape index (κ1) is 22.9. The molecule has 0 saturated carbocycles. The van der Waals surface area contributed by atoms with Crippen molar-refractivity contribution in [3.8, 4) is 0 Å². The van der Waals surface area contributed by atoms with Crippen LogP contribution in [0.3, 0.4) is 0 Å². The fourth-order valence-electron chi connectivity index (χ4n) is 3.02. The molecule has 3 rings (SSSR count). The van der Waals surface area contributed by atoms with Crippen LogP contribution in [0.4, 0.5) is 0 Å². The van der Waals surface area contributed by atoms with Gasteiger partial charge in [-0.2, -0.15) is 9.41 Å². The Labute approximate surface area is 189 Å². The van der Waals surface area contributed by atoms with E-state index in [2.05, 4.69) is 26.5 Å². The molecule has 0 atom stereocenters. The second kappa shape index (κ2) is 10.0. The lowest BCUT2D eigenvalue weighted by molar-refractivity contribution is -0.122. The average Bonchev–Trinajstić information content (AvgIpc) is 2.73. The van der Waals surface area contributed by atoms with Gasteiger partial charge in [-0.1, -0.05) is 39.7 Å². The fraction of sp³-hybridized carbons (Fsp3) is 0.300. The van der Waals surface area contributed by atoms with Gasteiger partial charge in [0.1, 0.15) is 0 Å². The second-order valence-corrected chi connectivity index (χ2v) is 10.2. The lowest BCUT2D eigenvalue weighted by atomic mass is 10.1. The largest absolute Gasteiger partial charge is 0.292 e. The minimum atomic E-state index is -3.53. The normalized spacial score (nSPS) is 16.4. The Kier molecular flexibility index (Phi) is 7.65. The van der Waals surface area contributed by atoms with Crippen molar-refractivity contribution in [3.05, 3.63) is 63.6 Å². The highest BCUT2D eigenvalue weighted by molar-refractivity contribution is 9.10. The highest BCUT2D eigenvalue weighted by atomic mass is 79.9. The number of hydrogen-bond acceptors (Lipinski definition) is 5. The molecule has 160 valence electrons. The molecule has 0 bridgehead atoms. The smallest absolute Gasteiger partial charge is 0.254 e. The van der Waals surface area contributed by atoms with Gasteiger partial charge in [0.15, 0.2) is 0 Å². The van der Waals surface area contributed by atoms with E-state index in [1.807, 2.05) is 17.0 Å². The average molecular weight is 514 g/mol. The first-order valence-corrected chi connectivity index (χ1v) is 11.9. The van der Waals surface area contributed by atoms with Crippen molar-refractivity contribution in [1.82, 2.24) is 14.6 Å². The zero-order valence-electron chi connectivity index (χ0n) is 16.4. The minimum absolute atomic E-state index is 0.156. The summed E-state index contributed by atoms with van der Waals surface area (Å²) in [6.45, 7) is 3.57. The third kappa shape index (κ3) is 5.89. The number of nitrogens with one attached hydrogen (secondary N) is 1. The van der Waals surface area contributed by atoms with E-state index in [0.29, 0.717) is 36.9 Å². The molecule has 0 radical (unpaired) electrons. The van der Waals surface area contributed by atoms with Gasteiger partial charge in [-0.25, -0.2) is 13.8 Å². The van der Waals surface area contributed by atoms with Crippen LogP contribution in [-0.2, 0) is 14.8 Å². The maximum absolute atomic E-state index is 12.7. The van der Waals surface area contributed by atoms with E-state index in [0.717, 1.165) is 10.0 Å². The van der Waals surface area contributed by atoms with Crippen LogP contribution in [0.2, 0.25) is 5.02 Å². The van der Waals surface area contributed by atoms with Crippen LogP contribution in [0.15, 0.2) is 63.0 Å². The molecule has 1 saturated heterocycles. The molecule has 0 spiro atoms. The molecule has 10 heteroatoms. The van der Waals surface area contributed by atoms with Crippen LogP contribution in [0.5, 0.6) is 0 Å². The number of hydrogen-bond donors (Lipinski definition) is 1. The highest BCUT2D eigenvalue weighted by Gasteiger charge is 2.29. The van der Waals surface area contributed by atoms with Gasteiger partial charge in [-0.3, -0.25) is 9.69 Å². The van der Waals surface area contributed by atoms with Gasteiger partial charge in [0.25, 0.3) is 5.91 Å². The number of carbonyl (C=O) groups is 1. The van der Waals surface area contributed by atoms with Crippen molar-refractivity contribution in [2.45, 2.75) is 11.8 Å². The Bertz CT molecular complexity index is 1020. The first-order chi connectivity index (χ1) is 14.3. The van der Waals surface area contributed by atoms with Gasteiger partial charge in [-0.15, -0.1) is 0 Å². The quantitative estimate of drug-likeness (QED) is 0.476. The standard InChI is InChI=1S/C20H22BrClN4O3S/c1-15(16-2-6-18(22)7-3-16)23-24-20(27)14-25-10-12-26(13-11-25)30(28,29)19-8-4-17(21)5-9-19/h2-9H,10-14H2,1H3,(H,24,27)/b23-15+. The third-order valence-electron chi connectivity index (χ3n) is 4.76. The second-order valence-electron chi connectivity index (χ2n) is 6.87. The van der Waals surface area contributed by atoms with Crippen LogP contribution < -0.4 is 5.43 Å². The molecule has 30 heavy (non-hydrogen) atoms. The summed E-state index contributed by atoms with van der Waals surface area (Å²) in [6.07, 6.45) is 0. The van der Waals surface area contributed by atoms with E-state index >= 15 is 0 Å². The number of piperazine rings is 1. The van der Waals surface area contributed by atoms with Crippen molar-refractivity contribution in [1.29, 1.82) is 0 Å². The summed E-state index contributed by atoms with van der Waals surface area (Å²) in [7, 11) is -3.53. The van der Waals surface area contributed by atoms with Crippen LogP contribution in [0.25, 0.3) is 0 Å². The minimum Gasteiger partial charge on any atom is -0.292 e. The zero-order chi connectivity index (χ0) is 21.7. The van der Waals surface area contributed by atoms with E-state index in [1.165, 1.54) is 4.31 Å².